The first-order valence-corrected chi connectivity index (χ1v) is 11.0. The van der Waals surface area contributed by atoms with Crippen molar-refractivity contribution >= 4 is 39.9 Å². The second kappa shape index (κ2) is 9.34. The van der Waals surface area contributed by atoms with Crippen molar-refractivity contribution in [2.24, 2.45) is 0 Å². The molecule has 7 nitrogen and oxygen atoms in total. The molecule has 0 atom stereocenters. The van der Waals surface area contributed by atoms with E-state index in [4.69, 9.17) is 21.1 Å². The first kappa shape index (κ1) is 21.0. The van der Waals surface area contributed by atoms with Gasteiger partial charge in [0.1, 0.15) is 11.6 Å². The van der Waals surface area contributed by atoms with Gasteiger partial charge in [0.05, 0.1) is 18.8 Å². The Hall–Kier alpha value is -3.84. The van der Waals surface area contributed by atoms with Gasteiger partial charge in [-0.2, -0.15) is 0 Å². The molecule has 1 amide bonds. The summed E-state index contributed by atoms with van der Waals surface area (Å²) in [4.78, 5) is 21.3. The van der Waals surface area contributed by atoms with Gasteiger partial charge in [-0.3, -0.25) is 4.79 Å². The van der Waals surface area contributed by atoms with Crippen LogP contribution in [-0.2, 0) is 6.54 Å². The number of hydrogen-bond donors (Lipinski definition) is 2. The summed E-state index contributed by atoms with van der Waals surface area (Å²) in [5.41, 5.74) is 1.39. The number of nitrogens with one attached hydrogen (secondary N) is 2. The van der Waals surface area contributed by atoms with Crippen LogP contribution in [0.3, 0.4) is 0 Å². The molecule has 2 aromatic carbocycles. The lowest BCUT2D eigenvalue weighted by molar-refractivity contribution is 0.0950. The van der Waals surface area contributed by atoms with Crippen molar-refractivity contribution in [3.05, 3.63) is 83.1 Å². The maximum Gasteiger partial charge on any atom is 0.253 e. The number of aromatic nitrogens is 2. The summed E-state index contributed by atoms with van der Waals surface area (Å²) >= 11 is 6.14. The number of amides is 1. The lowest BCUT2D eigenvalue weighted by atomic mass is 10.1. The number of halogens is 1. The van der Waals surface area contributed by atoms with Crippen molar-refractivity contribution in [2.75, 3.05) is 18.5 Å². The molecule has 166 valence electrons. The van der Waals surface area contributed by atoms with Crippen LogP contribution >= 0.6 is 11.6 Å². The summed E-state index contributed by atoms with van der Waals surface area (Å²) in [5.74, 6) is 2.46. The van der Waals surface area contributed by atoms with Gasteiger partial charge in [0.25, 0.3) is 5.91 Å². The molecule has 2 N–H and O–H groups in total. The Morgan fingerprint density at radius 1 is 0.970 bits per heavy atom. The standard InChI is InChI=1S/C25H21ClN4O3/c26-19-5-3-17-8-9-27-24(20(17)13-19)30-23-7-4-18(15-28-23)25(31)29-14-16-2-6-21-22(12-16)33-11-1-10-32-21/h2-9,12-13,15H,1,10-11,14H2,(H,29,31)(H,27,28,30). The van der Waals surface area contributed by atoms with Crippen LogP contribution in [0.2, 0.25) is 5.02 Å². The Bertz CT molecular complexity index is 1310. The van der Waals surface area contributed by atoms with E-state index in [1.165, 1.54) is 6.20 Å². The van der Waals surface area contributed by atoms with E-state index in [-0.39, 0.29) is 5.91 Å². The maximum absolute atomic E-state index is 12.6. The number of pyridine rings is 2. The molecule has 0 unspecified atom stereocenters. The quantitative estimate of drug-likeness (QED) is 0.430. The molecule has 1 aliphatic heterocycles. The minimum absolute atomic E-state index is 0.212. The molecule has 0 bridgehead atoms. The second-order valence-electron chi connectivity index (χ2n) is 7.60. The molecule has 1 aliphatic rings. The molecular weight excluding hydrogens is 440 g/mol. The topological polar surface area (TPSA) is 85.4 Å². The van der Waals surface area contributed by atoms with Crippen LogP contribution in [0.15, 0.2) is 67.0 Å². The van der Waals surface area contributed by atoms with Gasteiger partial charge in [-0.15, -0.1) is 0 Å². The highest BCUT2D eigenvalue weighted by Crippen LogP contribution is 2.30. The second-order valence-corrected chi connectivity index (χ2v) is 8.03. The minimum atomic E-state index is -0.212. The van der Waals surface area contributed by atoms with E-state index in [1.54, 1.807) is 18.3 Å². The highest BCUT2D eigenvalue weighted by atomic mass is 35.5. The molecule has 0 saturated carbocycles. The molecule has 0 fully saturated rings. The normalized spacial score (nSPS) is 12.8. The number of ether oxygens (including phenoxy) is 2. The average Bonchev–Trinajstić information content (AvgIpc) is 3.08. The Morgan fingerprint density at radius 2 is 1.85 bits per heavy atom. The van der Waals surface area contributed by atoms with Crippen LogP contribution < -0.4 is 20.1 Å². The highest BCUT2D eigenvalue weighted by molar-refractivity contribution is 6.31. The van der Waals surface area contributed by atoms with E-state index in [2.05, 4.69) is 20.6 Å². The van der Waals surface area contributed by atoms with Crippen molar-refractivity contribution in [3.63, 3.8) is 0 Å². The average molecular weight is 461 g/mol. The molecule has 8 heteroatoms. The summed E-state index contributed by atoms with van der Waals surface area (Å²) in [6.07, 6.45) is 4.10. The molecule has 4 aromatic rings. The number of carbonyl (C=O) groups excluding carboxylic acids is 1. The lowest BCUT2D eigenvalue weighted by Crippen LogP contribution is -2.23. The molecule has 0 radical (unpaired) electrons. The fraction of sp³-hybridized carbons (Fsp3) is 0.160. The van der Waals surface area contributed by atoms with Crippen molar-refractivity contribution in [1.29, 1.82) is 0 Å². The van der Waals surface area contributed by atoms with E-state index >= 15 is 0 Å². The summed E-state index contributed by atoms with van der Waals surface area (Å²) in [6, 6.07) is 16.7. The monoisotopic (exact) mass is 460 g/mol. The van der Waals surface area contributed by atoms with Crippen LogP contribution in [0, 0.1) is 0 Å². The molecule has 0 spiro atoms. The van der Waals surface area contributed by atoms with Gasteiger partial charge in [-0.25, -0.2) is 9.97 Å². The number of carbonyl (C=O) groups is 1. The van der Waals surface area contributed by atoms with E-state index in [1.807, 2.05) is 42.5 Å². The molecule has 3 heterocycles. The first-order valence-electron chi connectivity index (χ1n) is 10.6. The van der Waals surface area contributed by atoms with Crippen molar-refractivity contribution in [2.45, 2.75) is 13.0 Å². The molecular formula is C25H21ClN4O3. The van der Waals surface area contributed by atoms with Crippen LogP contribution in [0.1, 0.15) is 22.3 Å². The lowest BCUT2D eigenvalue weighted by Gasteiger charge is -2.11. The van der Waals surface area contributed by atoms with Crippen molar-refractivity contribution in [1.82, 2.24) is 15.3 Å². The largest absolute Gasteiger partial charge is 0.490 e. The van der Waals surface area contributed by atoms with Crippen LogP contribution in [-0.4, -0.2) is 29.1 Å². The minimum Gasteiger partial charge on any atom is -0.490 e. The van der Waals surface area contributed by atoms with Gasteiger partial charge in [0, 0.05) is 35.8 Å². The summed E-state index contributed by atoms with van der Waals surface area (Å²) in [5, 5.41) is 8.65. The predicted molar refractivity (Wildman–Crippen MR) is 127 cm³/mol. The van der Waals surface area contributed by atoms with Crippen LogP contribution in [0.25, 0.3) is 10.8 Å². The van der Waals surface area contributed by atoms with E-state index in [0.717, 1.165) is 28.5 Å². The predicted octanol–water partition coefficient (Wildman–Crippen LogP) is 5.12. The summed E-state index contributed by atoms with van der Waals surface area (Å²) in [7, 11) is 0. The van der Waals surface area contributed by atoms with Gasteiger partial charge in [-0.1, -0.05) is 23.7 Å². The number of anilines is 2. The van der Waals surface area contributed by atoms with Crippen molar-refractivity contribution in [3.8, 4) is 11.5 Å². The SMILES string of the molecule is O=C(NCc1ccc2c(c1)OCCCO2)c1ccc(Nc2nccc3ccc(Cl)cc23)nc1. The number of nitrogens with zero attached hydrogens (tertiary/aromatic N) is 2. The van der Waals surface area contributed by atoms with Crippen LogP contribution in [0.5, 0.6) is 11.5 Å². The third-order valence-corrected chi connectivity index (χ3v) is 5.50. The zero-order valence-electron chi connectivity index (χ0n) is 17.7. The Kier molecular flexibility index (Phi) is 5.95. The Labute approximate surface area is 195 Å². The summed E-state index contributed by atoms with van der Waals surface area (Å²) in [6.45, 7) is 1.64. The number of hydrogen-bond acceptors (Lipinski definition) is 6. The third-order valence-electron chi connectivity index (χ3n) is 5.27. The highest BCUT2D eigenvalue weighted by Gasteiger charge is 2.12. The number of fused-ring (bicyclic) bond motifs is 2. The Morgan fingerprint density at radius 3 is 2.70 bits per heavy atom. The molecule has 0 aliphatic carbocycles. The molecule has 33 heavy (non-hydrogen) atoms. The first-order chi connectivity index (χ1) is 16.2. The summed E-state index contributed by atoms with van der Waals surface area (Å²) < 4.78 is 11.4. The zero-order chi connectivity index (χ0) is 22.6. The van der Waals surface area contributed by atoms with E-state index in [9.17, 15) is 4.79 Å². The van der Waals surface area contributed by atoms with E-state index < -0.39 is 0 Å². The number of benzene rings is 2. The molecule has 0 saturated heterocycles. The molecule has 2 aromatic heterocycles. The smallest absolute Gasteiger partial charge is 0.253 e. The van der Waals surface area contributed by atoms with E-state index in [0.29, 0.717) is 47.7 Å². The number of rotatable bonds is 5. The Balaban J connectivity index is 1.24. The van der Waals surface area contributed by atoms with Crippen molar-refractivity contribution < 1.29 is 14.3 Å². The fourth-order valence-electron chi connectivity index (χ4n) is 3.57. The maximum atomic E-state index is 12.6. The van der Waals surface area contributed by atoms with Gasteiger partial charge in [-0.05, 0) is 53.4 Å². The van der Waals surface area contributed by atoms with Gasteiger partial charge in [0.2, 0.25) is 0 Å². The van der Waals surface area contributed by atoms with Gasteiger partial charge in [0.15, 0.2) is 11.5 Å². The zero-order valence-corrected chi connectivity index (χ0v) is 18.4. The molecule has 5 rings (SSSR count). The van der Waals surface area contributed by atoms with Gasteiger partial charge >= 0.3 is 0 Å². The fourth-order valence-corrected chi connectivity index (χ4v) is 3.74. The van der Waals surface area contributed by atoms with Gasteiger partial charge < -0.3 is 20.1 Å². The van der Waals surface area contributed by atoms with Crippen LogP contribution in [0.4, 0.5) is 11.6 Å². The third kappa shape index (κ3) is 4.83.